The van der Waals surface area contributed by atoms with E-state index in [1.165, 1.54) is 6.07 Å². The molecule has 1 saturated carbocycles. The lowest BCUT2D eigenvalue weighted by Gasteiger charge is -2.31. The fourth-order valence-electron chi connectivity index (χ4n) is 3.28. The summed E-state index contributed by atoms with van der Waals surface area (Å²) in [5, 5.41) is 9.38. The number of ether oxygens (including phenoxy) is 2. The molecule has 1 aliphatic rings. The van der Waals surface area contributed by atoms with Crippen molar-refractivity contribution >= 4 is 32.9 Å². The Labute approximate surface area is 175 Å². The molecule has 150 valence electrons. The zero-order chi connectivity index (χ0) is 20.4. The number of carboxylic acid groups (broad SMARTS) is 1. The first kappa shape index (κ1) is 19.7. The molecule has 0 spiro atoms. The molecular weight excluding hydrogens is 440 g/mol. The van der Waals surface area contributed by atoms with Crippen LogP contribution >= 0.6 is 15.9 Å². The van der Waals surface area contributed by atoms with Crippen LogP contribution in [0.2, 0.25) is 0 Å². The van der Waals surface area contributed by atoms with E-state index in [-0.39, 0.29) is 17.5 Å². The number of aliphatic carboxylic acids is 1. The van der Waals surface area contributed by atoms with Crippen LogP contribution < -0.4 is 10.2 Å². The van der Waals surface area contributed by atoms with Crippen LogP contribution in [0.4, 0.5) is 0 Å². The van der Waals surface area contributed by atoms with Crippen LogP contribution in [0.1, 0.15) is 12.8 Å². The molecule has 7 heteroatoms. The standard InChI is InChI=1S/C22H19BrO6/c23-18-3-1-2-17-19(24)12-20(29-21(17)18)13-4-6-15(7-5-13)27-8-9-28-16-10-14(11-16)22(25)26/h1-7,12,14,16H,8-11H2,(H,25,26)/t14-,16+. The minimum Gasteiger partial charge on any atom is -0.491 e. The van der Waals surface area contributed by atoms with E-state index in [9.17, 15) is 9.59 Å². The summed E-state index contributed by atoms with van der Waals surface area (Å²) < 4.78 is 17.9. The molecule has 0 saturated heterocycles. The maximum atomic E-state index is 12.4. The van der Waals surface area contributed by atoms with E-state index >= 15 is 0 Å². The molecule has 0 radical (unpaired) electrons. The number of para-hydroxylation sites is 1. The van der Waals surface area contributed by atoms with Gasteiger partial charge in [-0.1, -0.05) is 6.07 Å². The Morgan fingerprint density at radius 3 is 2.62 bits per heavy atom. The third-order valence-electron chi connectivity index (χ3n) is 5.00. The predicted molar refractivity (Wildman–Crippen MR) is 111 cm³/mol. The lowest BCUT2D eigenvalue weighted by molar-refractivity contribution is -0.151. The number of rotatable bonds is 7. The number of benzene rings is 2. The van der Waals surface area contributed by atoms with E-state index in [4.69, 9.17) is 19.0 Å². The van der Waals surface area contributed by atoms with Crippen molar-refractivity contribution in [2.24, 2.45) is 5.92 Å². The molecule has 29 heavy (non-hydrogen) atoms. The van der Waals surface area contributed by atoms with Crippen LogP contribution in [0.5, 0.6) is 5.75 Å². The van der Waals surface area contributed by atoms with Crippen molar-refractivity contribution in [3.05, 3.63) is 63.2 Å². The van der Waals surface area contributed by atoms with Gasteiger partial charge in [0.15, 0.2) is 11.0 Å². The summed E-state index contributed by atoms with van der Waals surface area (Å²) in [7, 11) is 0. The van der Waals surface area contributed by atoms with E-state index in [2.05, 4.69) is 15.9 Å². The topological polar surface area (TPSA) is 86.0 Å². The van der Waals surface area contributed by atoms with Crippen molar-refractivity contribution in [3.8, 4) is 17.1 Å². The molecule has 1 aromatic heterocycles. The van der Waals surface area contributed by atoms with Crippen LogP contribution in [0.15, 0.2) is 62.2 Å². The smallest absolute Gasteiger partial charge is 0.306 e. The molecule has 6 nitrogen and oxygen atoms in total. The molecular formula is C22H19BrO6. The van der Waals surface area contributed by atoms with E-state index in [0.717, 1.165) is 10.0 Å². The minimum atomic E-state index is -0.754. The van der Waals surface area contributed by atoms with Gasteiger partial charge in [-0.15, -0.1) is 0 Å². The van der Waals surface area contributed by atoms with Gasteiger partial charge < -0.3 is 19.0 Å². The average molecular weight is 459 g/mol. The maximum absolute atomic E-state index is 12.4. The van der Waals surface area contributed by atoms with Crippen molar-refractivity contribution < 1.29 is 23.8 Å². The van der Waals surface area contributed by atoms with E-state index < -0.39 is 5.97 Å². The second kappa shape index (κ2) is 8.39. The number of hydrogen-bond donors (Lipinski definition) is 1. The third-order valence-corrected chi connectivity index (χ3v) is 5.62. The van der Waals surface area contributed by atoms with Gasteiger partial charge in [-0.25, -0.2) is 0 Å². The summed E-state index contributed by atoms with van der Waals surface area (Å²) in [5.41, 5.74) is 1.20. The zero-order valence-electron chi connectivity index (χ0n) is 15.5. The molecule has 3 aromatic rings. The average Bonchev–Trinajstić information content (AvgIpc) is 2.67. The highest BCUT2D eigenvalue weighted by Gasteiger charge is 2.34. The number of fused-ring (bicyclic) bond motifs is 1. The van der Waals surface area contributed by atoms with Gasteiger partial charge >= 0.3 is 5.97 Å². The second-order valence-corrected chi connectivity index (χ2v) is 7.82. The van der Waals surface area contributed by atoms with Crippen LogP contribution in [-0.4, -0.2) is 30.4 Å². The summed E-state index contributed by atoms with van der Waals surface area (Å²) in [6.07, 6.45) is 1.14. The summed E-state index contributed by atoms with van der Waals surface area (Å²) in [5.74, 6) is 0.140. The zero-order valence-corrected chi connectivity index (χ0v) is 17.1. The number of carboxylic acids is 1. The fraction of sp³-hybridized carbons (Fsp3) is 0.273. The lowest BCUT2D eigenvalue weighted by Crippen LogP contribution is -2.36. The van der Waals surface area contributed by atoms with Crippen molar-refractivity contribution in [1.82, 2.24) is 0 Å². The lowest BCUT2D eigenvalue weighted by atomic mass is 9.82. The molecule has 0 bridgehead atoms. The minimum absolute atomic E-state index is 0.0113. The van der Waals surface area contributed by atoms with Crippen LogP contribution in [-0.2, 0) is 9.53 Å². The molecule has 0 amide bonds. The molecule has 1 aliphatic carbocycles. The van der Waals surface area contributed by atoms with Gasteiger partial charge in [-0.05, 0) is 65.2 Å². The van der Waals surface area contributed by atoms with Crippen molar-refractivity contribution in [2.45, 2.75) is 18.9 Å². The highest BCUT2D eigenvalue weighted by molar-refractivity contribution is 9.10. The van der Waals surface area contributed by atoms with Gasteiger partial charge in [0.05, 0.1) is 28.5 Å². The SMILES string of the molecule is O=c1cc(-c2ccc(OCCO[C@H]3C[C@@H](C(=O)O)C3)cc2)oc2c(Br)cccc12. The highest BCUT2D eigenvalue weighted by Crippen LogP contribution is 2.30. The molecule has 4 rings (SSSR count). The summed E-state index contributed by atoms with van der Waals surface area (Å²) in [6, 6.07) is 14.1. The molecule has 0 atom stereocenters. The van der Waals surface area contributed by atoms with Crippen molar-refractivity contribution in [3.63, 3.8) is 0 Å². The highest BCUT2D eigenvalue weighted by atomic mass is 79.9. The number of hydrogen-bond acceptors (Lipinski definition) is 5. The largest absolute Gasteiger partial charge is 0.491 e. The quantitative estimate of drug-likeness (QED) is 0.525. The normalized spacial score (nSPS) is 18.4. The Kier molecular flexibility index (Phi) is 5.69. The van der Waals surface area contributed by atoms with E-state index in [1.807, 2.05) is 30.3 Å². The first-order valence-corrected chi connectivity index (χ1v) is 10.1. The van der Waals surface area contributed by atoms with E-state index in [0.29, 0.717) is 48.5 Å². The maximum Gasteiger partial charge on any atom is 0.306 e. The first-order valence-electron chi connectivity index (χ1n) is 9.31. The van der Waals surface area contributed by atoms with Gasteiger partial charge in [0.1, 0.15) is 18.1 Å². The van der Waals surface area contributed by atoms with Crippen LogP contribution in [0.25, 0.3) is 22.3 Å². The molecule has 0 aliphatic heterocycles. The molecule has 1 N–H and O–H groups in total. The van der Waals surface area contributed by atoms with Crippen LogP contribution in [0.3, 0.4) is 0 Å². The predicted octanol–water partition coefficient (Wildman–Crippen LogP) is 4.48. The Bertz CT molecular complexity index is 1080. The second-order valence-electron chi connectivity index (χ2n) is 6.96. The summed E-state index contributed by atoms with van der Waals surface area (Å²) in [6.45, 7) is 0.790. The first-order chi connectivity index (χ1) is 14.0. The van der Waals surface area contributed by atoms with Gasteiger partial charge in [0.25, 0.3) is 0 Å². The monoisotopic (exact) mass is 458 g/mol. The Morgan fingerprint density at radius 2 is 1.90 bits per heavy atom. The van der Waals surface area contributed by atoms with Gasteiger partial charge in [-0.3, -0.25) is 9.59 Å². The Hall–Kier alpha value is -2.64. The molecule has 2 aromatic carbocycles. The van der Waals surface area contributed by atoms with Gasteiger partial charge in [-0.2, -0.15) is 0 Å². The fourth-order valence-corrected chi connectivity index (χ4v) is 3.73. The molecule has 1 heterocycles. The number of halogens is 1. The van der Waals surface area contributed by atoms with Gasteiger partial charge in [0, 0.05) is 11.6 Å². The van der Waals surface area contributed by atoms with Crippen molar-refractivity contribution in [1.29, 1.82) is 0 Å². The number of carbonyl (C=O) groups is 1. The summed E-state index contributed by atoms with van der Waals surface area (Å²) in [4.78, 5) is 23.1. The molecule has 0 unspecified atom stereocenters. The van der Waals surface area contributed by atoms with E-state index in [1.54, 1.807) is 12.1 Å². The Balaban J connectivity index is 1.35. The Morgan fingerprint density at radius 1 is 1.14 bits per heavy atom. The third kappa shape index (κ3) is 4.36. The van der Waals surface area contributed by atoms with Crippen LogP contribution in [0, 0.1) is 5.92 Å². The van der Waals surface area contributed by atoms with Gasteiger partial charge in [0.2, 0.25) is 0 Å². The summed E-state index contributed by atoms with van der Waals surface area (Å²) >= 11 is 3.42. The van der Waals surface area contributed by atoms with Crippen molar-refractivity contribution in [2.75, 3.05) is 13.2 Å². The molecule has 1 fully saturated rings.